The number of rotatable bonds is 5. The van der Waals surface area contributed by atoms with E-state index in [0.717, 1.165) is 15.7 Å². The Labute approximate surface area is 145 Å². The number of aromatic nitrogens is 2. The normalized spacial score (nSPS) is 10.5. The molecule has 0 atom stereocenters. The SMILES string of the molecule is CCN(CC)C(=O)c1cc(Nc2ccc(Br)c(C)c2)nc(C)n1. The maximum absolute atomic E-state index is 12.5. The Balaban J connectivity index is 2.29. The third kappa shape index (κ3) is 4.28. The van der Waals surface area contributed by atoms with Crippen LogP contribution < -0.4 is 5.32 Å². The first-order chi connectivity index (χ1) is 10.9. The third-order valence-corrected chi connectivity index (χ3v) is 4.43. The lowest BCUT2D eigenvalue weighted by molar-refractivity contribution is 0.0766. The fraction of sp³-hybridized carbons (Fsp3) is 0.353. The van der Waals surface area contributed by atoms with Gasteiger partial charge in [0.25, 0.3) is 5.91 Å². The fourth-order valence-corrected chi connectivity index (χ4v) is 2.53. The van der Waals surface area contributed by atoms with E-state index in [9.17, 15) is 4.79 Å². The minimum Gasteiger partial charge on any atom is -0.340 e. The highest BCUT2D eigenvalue weighted by Crippen LogP contribution is 2.22. The molecule has 0 fully saturated rings. The fourth-order valence-electron chi connectivity index (χ4n) is 2.28. The number of nitrogens with one attached hydrogen (secondary N) is 1. The zero-order chi connectivity index (χ0) is 17.0. The molecule has 0 saturated heterocycles. The standard InChI is InChI=1S/C17H21BrN4O/c1-5-22(6-2)17(23)15-10-16(20-12(4)19-15)21-13-7-8-14(18)11(3)9-13/h7-10H,5-6H2,1-4H3,(H,19,20,21). The summed E-state index contributed by atoms with van der Waals surface area (Å²) < 4.78 is 1.05. The van der Waals surface area contributed by atoms with E-state index in [1.165, 1.54) is 0 Å². The van der Waals surface area contributed by atoms with Crippen molar-refractivity contribution < 1.29 is 4.79 Å². The summed E-state index contributed by atoms with van der Waals surface area (Å²) in [6.45, 7) is 9.05. The van der Waals surface area contributed by atoms with E-state index in [1.54, 1.807) is 17.9 Å². The van der Waals surface area contributed by atoms with E-state index in [4.69, 9.17) is 0 Å². The van der Waals surface area contributed by atoms with Crippen LogP contribution in [0.3, 0.4) is 0 Å². The molecule has 1 heterocycles. The third-order valence-electron chi connectivity index (χ3n) is 3.54. The first kappa shape index (κ1) is 17.4. The van der Waals surface area contributed by atoms with Crippen molar-refractivity contribution in [2.75, 3.05) is 18.4 Å². The monoisotopic (exact) mass is 376 g/mol. The molecule has 2 aromatic rings. The summed E-state index contributed by atoms with van der Waals surface area (Å²) in [5.74, 6) is 1.12. The highest BCUT2D eigenvalue weighted by Gasteiger charge is 2.16. The van der Waals surface area contributed by atoms with Crippen LogP contribution in [0.15, 0.2) is 28.7 Å². The summed E-state index contributed by atoms with van der Waals surface area (Å²) in [4.78, 5) is 22.9. The molecule has 0 aliphatic carbocycles. The van der Waals surface area contributed by atoms with Crippen LogP contribution in [-0.2, 0) is 0 Å². The first-order valence-corrected chi connectivity index (χ1v) is 8.42. The Hall–Kier alpha value is -1.95. The summed E-state index contributed by atoms with van der Waals surface area (Å²) in [6.07, 6.45) is 0. The Morgan fingerprint density at radius 3 is 2.48 bits per heavy atom. The van der Waals surface area contributed by atoms with Gasteiger partial charge in [-0.1, -0.05) is 15.9 Å². The number of nitrogens with zero attached hydrogens (tertiary/aromatic N) is 3. The van der Waals surface area contributed by atoms with Gasteiger partial charge in [0.05, 0.1) is 0 Å². The zero-order valence-corrected chi connectivity index (χ0v) is 15.4. The molecular weight excluding hydrogens is 356 g/mol. The maximum atomic E-state index is 12.5. The molecule has 2 rings (SSSR count). The Bertz CT molecular complexity index is 714. The Kier molecular flexibility index (Phi) is 5.71. The van der Waals surface area contributed by atoms with Gasteiger partial charge in [-0.15, -0.1) is 0 Å². The number of hydrogen-bond acceptors (Lipinski definition) is 4. The van der Waals surface area contributed by atoms with Gasteiger partial charge in [-0.2, -0.15) is 0 Å². The Morgan fingerprint density at radius 2 is 1.87 bits per heavy atom. The van der Waals surface area contributed by atoms with Crippen molar-refractivity contribution in [3.63, 3.8) is 0 Å². The summed E-state index contributed by atoms with van der Waals surface area (Å²) in [6, 6.07) is 7.66. The smallest absolute Gasteiger partial charge is 0.272 e. The lowest BCUT2D eigenvalue weighted by Gasteiger charge is -2.18. The topological polar surface area (TPSA) is 58.1 Å². The van der Waals surface area contributed by atoms with Crippen molar-refractivity contribution in [3.8, 4) is 0 Å². The van der Waals surface area contributed by atoms with E-state index in [0.29, 0.717) is 30.4 Å². The predicted molar refractivity (Wildman–Crippen MR) is 96.2 cm³/mol. The maximum Gasteiger partial charge on any atom is 0.272 e. The molecule has 1 N–H and O–H groups in total. The van der Waals surface area contributed by atoms with E-state index in [2.05, 4.69) is 31.2 Å². The van der Waals surface area contributed by atoms with Gasteiger partial charge < -0.3 is 10.2 Å². The number of carbonyl (C=O) groups is 1. The molecule has 0 radical (unpaired) electrons. The molecule has 0 spiro atoms. The van der Waals surface area contributed by atoms with Crippen molar-refractivity contribution in [2.45, 2.75) is 27.7 Å². The lowest BCUT2D eigenvalue weighted by atomic mass is 10.2. The second-order valence-corrected chi connectivity index (χ2v) is 6.11. The average molecular weight is 377 g/mol. The zero-order valence-electron chi connectivity index (χ0n) is 13.9. The molecule has 6 heteroatoms. The quantitative estimate of drug-likeness (QED) is 0.853. The van der Waals surface area contributed by atoms with Gasteiger partial charge in [0, 0.05) is 29.3 Å². The number of carbonyl (C=O) groups excluding carboxylic acids is 1. The summed E-state index contributed by atoms with van der Waals surface area (Å²) in [7, 11) is 0. The number of amides is 1. The Morgan fingerprint density at radius 1 is 1.17 bits per heavy atom. The summed E-state index contributed by atoms with van der Waals surface area (Å²) in [5, 5.41) is 3.24. The number of aryl methyl sites for hydroxylation is 2. The molecule has 0 aliphatic rings. The van der Waals surface area contributed by atoms with Gasteiger partial charge in [0.2, 0.25) is 0 Å². The lowest BCUT2D eigenvalue weighted by Crippen LogP contribution is -2.31. The molecular formula is C17H21BrN4O. The highest BCUT2D eigenvalue weighted by molar-refractivity contribution is 9.10. The molecule has 5 nitrogen and oxygen atoms in total. The molecule has 0 unspecified atom stereocenters. The van der Waals surface area contributed by atoms with Crippen LogP contribution in [0.5, 0.6) is 0 Å². The van der Waals surface area contributed by atoms with Gasteiger partial charge >= 0.3 is 0 Å². The van der Waals surface area contributed by atoms with E-state index in [-0.39, 0.29) is 5.91 Å². The van der Waals surface area contributed by atoms with E-state index < -0.39 is 0 Å². The van der Waals surface area contributed by atoms with E-state index in [1.807, 2.05) is 39.0 Å². The second kappa shape index (κ2) is 7.55. The predicted octanol–water partition coefficient (Wildman–Crippen LogP) is 4.08. The summed E-state index contributed by atoms with van der Waals surface area (Å²) >= 11 is 3.49. The van der Waals surface area contributed by atoms with Crippen molar-refractivity contribution in [1.82, 2.24) is 14.9 Å². The van der Waals surface area contributed by atoms with Gasteiger partial charge in [-0.05, 0) is 51.5 Å². The highest BCUT2D eigenvalue weighted by atomic mass is 79.9. The van der Waals surface area contributed by atoms with Crippen molar-refractivity contribution in [2.24, 2.45) is 0 Å². The molecule has 1 aromatic heterocycles. The molecule has 0 saturated carbocycles. The van der Waals surface area contributed by atoms with Gasteiger partial charge in [-0.25, -0.2) is 9.97 Å². The molecule has 122 valence electrons. The van der Waals surface area contributed by atoms with Crippen LogP contribution in [0.1, 0.15) is 35.7 Å². The average Bonchev–Trinajstić information content (AvgIpc) is 2.51. The number of hydrogen-bond donors (Lipinski definition) is 1. The molecule has 1 amide bonds. The number of benzene rings is 1. The van der Waals surface area contributed by atoms with Gasteiger partial charge in [-0.3, -0.25) is 4.79 Å². The molecule has 1 aromatic carbocycles. The molecule has 0 aliphatic heterocycles. The molecule has 23 heavy (non-hydrogen) atoms. The van der Waals surface area contributed by atoms with Crippen molar-refractivity contribution in [1.29, 1.82) is 0 Å². The van der Waals surface area contributed by atoms with Crippen molar-refractivity contribution in [3.05, 3.63) is 45.8 Å². The van der Waals surface area contributed by atoms with Crippen LogP contribution in [0, 0.1) is 13.8 Å². The molecule has 0 bridgehead atoms. The summed E-state index contributed by atoms with van der Waals surface area (Å²) in [5.41, 5.74) is 2.46. The van der Waals surface area contributed by atoms with Crippen LogP contribution in [0.25, 0.3) is 0 Å². The van der Waals surface area contributed by atoms with Crippen LogP contribution in [-0.4, -0.2) is 33.9 Å². The van der Waals surface area contributed by atoms with E-state index >= 15 is 0 Å². The number of halogens is 1. The first-order valence-electron chi connectivity index (χ1n) is 7.62. The second-order valence-electron chi connectivity index (χ2n) is 5.25. The largest absolute Gasteiger partial charge is 0.340 e. The minimum atomic E-state index is -0.0736. The van der Waals surface area contributed by atoms with Gasteiger partial charge in [0.15, 0.2) is 0 Å². The van der Waals surface area contributed by atoms with Crippen molar-refractivity contribution >= 4 is 33.3 Å². The van der Waals surface area contributed by atoms with Crippen LogP contribution in [0.4, 0.5) is 11.5 Å². The van der Waals surface area contributed by atoms with Crippen LogP contribution in [0.2, 0.25) is 0 Å². The number of anilines is 2. The van der Waals surface area contributed by atoms with Crippen LogP contribution >= 0.6 is 15.9 Å². The van der Waals surface area contributed by atoms with Gasteiger partial charge in [0.1, 0.15) is 17.3 Å². The minimum absolute atomic E-state index is 0.0736.